The van der Waals surface area contributed by atoms with Crippen molar-refractivity contribution in [1.82, 2.24) is 5.32 Å². The van der Waals surface area contributed by atoms with Gasteiger partial charge in [-0.2, -0.15) is 0 Å². The van der Waals surface area contributed by atoms with E-state index in [4.69, 9.17) is 5.73 Å². The largest absolute Gasteiger partial charge is 0.354 e. The van der Waals surface area contributed by atoms with Crippen molar-refractivity contribution in [2.24, 2.45) is 17.6 Å². The highest BCUT2D eigenvalue weighted by molar-refractivity contribution is 5.81. The molecule has 0 spiro atoms. The minimum absolute atomic E-state index is 0.0209. The first-order valence-electron chi connectivity index (χ1n) is 7.72. The minimum atomic E-state index is -0.445. The van der Waals surface area contributed by atoms with E-state index in [0.29, 0.717) is 12.3 Å². The van der Waals surface area contributed by atoms with Gasteiger partial charge in [0.2, 0.25) is 5.91 Å². The summed E-state index contributed by atoms with van der Waals surface area (Å²) in [5.74, 6) is 1.47. The van der Waals surface area contributed by atoms with Gasteiger partial charge in [0.1, 0.15) is 0 Å². The molecule has 1 aromatic carbocycles. The van der Waals surface area contributed by atoms with E-state index in [1.807, 2.05) is 30.3 Å². The van der Waals surface area contributed by atoms with Crippen LogP contribution in [0.3, 0.4) is 0 Å². The fraction of sp³-hybridized carbons (Fsp3) is 0.588. The fourth-order valence-corrected chi connectivity index (χ4v) is 2.87. The quantitative estimate of drug-likeness (QED) is 0.866. The van der Waals surface area contributed by atoms with Gasteiger partial charge in [0.25, 0.3) is 0 Å². The van der Waals surface area contributed by atoms with Crippen molar-refractivity contribution >= 4 is 5.91 Å². The maximum absolute atomic E-state index is 12.0. The Labute approximate surface area is 121 Å². The second kappa shape index (κ2) is 7.44. The third kappa shape index (κ3) is 4.64. The van der Waals surface area contributed by atoms with Crippen molar-refractivity contribution in [3.63, 3.8) is 0 Å². The van der Waals surface area contributed by atoms with Crippen LogP contribution in [-0.2, 0) is 11.2 Å². The molecular formula is C17H26N2O. The van der Waals surface area contributed by atoms with Gasteiger partial charge >= 0.3 is 0 Å². The molecule has 1 atom stereocenters. The third-order valence-electron chi connectivity index (χ3n) is 4.34. The molecule has 110 valence electrons. The molecule has 1 unspecified atom stereocenters. The SMILES string of the molecule is CC1CCC(CNC(=O)C(N)Cc2ccccc2)CC1. The second-order valence-electron chi connectivity index (χ2n) is 6.17. The Balaban J connectivity index is 1.71. The van der Waals surface area contributed by atoms with Gasteiger partial charge < -0.3 is 11.1 Å². The average Bonchev–Trinajstić information content (AvgIpc) is 2.47. The number of rotatable bonds is 5. The number of hydrogen-bond donors (Lipinski definition) is 2. The average molecular weight is 274 g/mol. The number of hydrogen-bond acceptors (Lipinski definition) is 2. The van der Waals surface area contributed by atoms with E-state index in [9.17, 15) is 4.79 Å². The Bertz CT molecular complexity index is 410. The number of nitrogens with two attached hydrogens (primary N) is 1. The highest BCUT2D eigenvalue weighted by Gasteiger charge is 2.20. The molecule has 1 aromatic rings. The molecule has 0 radical (unpaired) electrons. The fourth-order valence-electron chi connectivity index (χ4n) is 2.87. The number of benzene rings is 1. The monoisotopic (exact) mass is 274 g/mol. The first kappa shape index (κ1) is 15.0. The Hall–Kier alpha value is -1.35. The van der Waals surface area contributed by atoms with Crippen LogP contribution in [0, 0.1) is 11.8 Å². The molecule has 3 nitrogen and oxygen atoms in total. The molecule has 1 aliphatic carbocycles. The van der Waals surface area contributed by atoms with E-state index in [1.54, 1.807) is 0 Å². The summed E-state index contributed by atoms with van der Waals surface area (Å²) in [6.45, 7) is 3.10. The number of carbonyl (C=O) groups is 1. The Morgan fingerprint density at radius 2 is 1.90 bits per heavy atom. The van der Waals surface area contributed by atoms with Crippen LogP contribution >= 0.6 is 0 Å². The van der Waals surface area contributed by atoms with Crippen LogP contribution in [-0.4, -0.2) is 18.5 Å². The molecule has 20 heavy (non-hydrogen) atoms. The van der Waals surface area contributed by atoms with Crippen molar-refractivity contribution in [1.29, 1.82) is 0 Å². The predicted molar refractivity (Wildman–Crippen MR) is 82.3 cm³/mol. The first-order valence-corrected chi connectivity index (χ1v) is 7.72. The predicted octanol–water partition coefficient (Wildman–Crippen LogP) is 2.50. The zero-order chi connectivity index (χ0) is 14.4. The second-order valence-corrected chi connectivity index (χ2v) is 6.17. The summed E-state index contributed by atoms with van der Waals surface area (Å²) in [6, 6.07) is 9.50. The molecule has 0 bridgehead atoms. The van der Waals surface area contributed by atoms with Gasteiger partial charge in [-0.15, -0.1) is 0 Å². The maximum atomic E-state index is 12.0. The lowest BCUT2D eigenvalue weighted by Gasteiger charge is -2.26. The molecular weight excluding hydrogens is 248 g/mol. The summed E-state index contributed by atoms with van der Waals surface area (Å²) in [5.41, 5.74) is 7.09. The van der Waals surface area contributed by atoms with Crippen molar-refractivity contribution in [2.45, 2.75) is 45.1 Å². The summed E-state index contributed by atoms with van der Waals surface area (Å²) in [7, 11) is 0. The molecule has 2 rings (SSSR count). The lowest BCUT2D eigenvalue weighted by atomic mass is 9.83. The van der Waals surface area contributed by atoms with Crippen molar-refractivity contribution < 1.29 is 4.79 Å². The van der Waals surface area contributed by atoms with E-state index in [1.165, 1.54) is 25.7 Å². The molecule has 0 aliphatic heterocycles. The topological polar surface area (TPSA) is 55.1 Å². The van der Waals surface area contributed by atoms with Crippen LogP contribution in [0.15, 0.2) is 30.3 Å². The first-order chi connectivity index (χ1) is 9.65. The van der Waals surface area contributed by atoms with Crippen LogP contribution < -0.4 is 11.1 Å². The van der Waals surface area contributed by atoms with E-state index < -0.39 is 6.04 Å². The van der Waals surface area contributed by atoms with Gasteiger partial charge in [-0.3, -0.25) is 4.79 Å². The number of amides is 1. The van der Waals surface area contributed by atoms with Crippen molar-refractivity contribution in [3.8, 4) is 0 Å². The van der Waals surface area contributed by atoms with Crippen LogP contribution in [0.2, 0.25) is 0 Å². The normalized spacial score (nSPS) is 24.1. The summed E-state index contributed by atoms with van der Waals surface area (Å²) in [6.07, 6.45) is 5.65. The van der Waals surface area contributed by atoms with Gasteiger partial charge in [-0.05, 0) is 36.7 Å². The van der Waals surface area contributed by atoms with Crippen LogP contribution in [0.5, 0.6) is 0 Å². The zero-order valence-electron chi connectivity index (χ0n) is 12.3. The smallest absolute Gasteiger partial charge is 0.237 e. The van der Waals surface area contributed by atoms with Crippen molar-refractivity contribution in [2.75, 3.05) is 6.54 Å². The maximum Gasteiger partial charge on any atom is 0.237 e. The highest BCUT2D eigenvalue weighted by atomic mass is 16.2. The molecule has 1 saturated carbocycles. The van der Waals surface area contributed by atoms with Crippen LogP contribution in [0.1, 0.15) is 38.2 Å². The molecule has 0 heterocycles. The molecule has 0 saturated heterocycles. The van der Waals surface area contributed by atoms with Crippen LogP contribution in [0.25, 0.3) is 0 Å². The van der Waals surface area contributed by atoms with E-state index in [2.05, 4.69) is 12.2 Å². The lowest BCUT2D eigenvalue weighted by Crippen LogP contribution is -2.44. The molecule has 1 fully saturated rings. The third-order valence-corrected chi connectivity index (χ3v) is 4.34. The number of carbonyl (C=O) groups excluding carboxylic acids is 1. The van der Waals surface area contributed by atoms with Crippen molar-refractivity contribution in [3.05, 3.63) is 35.9 Å². The summed E-state index contributed by atoms with van der Waals surface area (Å²) >= 11 is 0. The van der Waals surface area contributed by atoms with Gasteiger partial charge in [-0.1, -0.05) is 50.1 Å². The van der Waals surface area contributed by atoms with E-state index in [0.717, 1.165) is 18.0 Å². The number of nitrogens with one attached hydrogen (secondary N) is 1. The highest BCUT2D eigenvalue weighted by Crippen LogP contribution is 2.27. The van der Waals surface area contributed by atoms with Gasteiger partial charge in [0, 0.05) is 6.54 Å². The van der Waals surface area contributed by atoms with Gasteiger partial charge in [0.15, 0.2) is 0 Å². The molecule has 0 aromatic heterocycles. The minimum Gasteiger partial charge on any atom is -0.354 e. The van der Waals surface area contributed by atoms with E-state index >= 15 is 0 Å². The molecule has 1 amide bonds. The zero-order valence-corrected chi connectivity index (χ0v) is 12.3. The lowest BCUT2D eigenvalue weighted by molar-refractivity contribution is -0.122. The standard InChI is InChI=1S/C17H26N2O/c1-13-7-9-15(10-8-13)12-19-17(20)16(18)11-14-5-3-2-4-6-14/h2-6,13,15-16H,7-12,18H2,1H3,(H,19,20). The molecule has 3 heteroatoms. The van der Waals surface area contributed by atoms with Gasteiger partial charge in [-0.25, -0.2) is 0 Å². The Morgan fingerprint density at radius 3 is 2.55 bits per heavy atom. The molecule has 3 N–H and O–H groups in total. The Morgan fingerprint density at radius 1 is 1.25 bits per heavy atom. The van der Waals surface area contributed by atoms with Gasteiger partial charge in [0.05, 0.1) is 6.04 Å². The molecule has 1 aliphatic rings. The van der Waals surface area contributed by atoms with E-state index in [-0.39, 0.29) is 5.91 Å². The summed E-state index contributed by atoms with van der Waals surface area (Å²) in [4.78, 5) is 12.0. The summed E-state index contributed by atoms with van der Waals surface area (Å²) in [5, 5.41) is 3.02. The summed E-state index contributed by atoms with van der Waals surface area (Å²) < 4.78 is 0. The Kier molecular flexibility index (Phi) is 5.60. The van der Waals surface area contributed by atoms with Crippen LogP contribution in [0.4, 0.5) is 0 Å².